The normalized spacial score (nSPS) is 11.8. The topological polar surface area (TPSA) is 56.7 Å². The summed E-state index contributed by atoms with van der Waals surface area (Å²) in [4.78, 5) is 3.76. The molecule has 2 aromatic rings. The first-order valence-electron chi connectivity index (χ1n) is 5.30. The van der Waals surface area contributed by atoms with Crippen LogP contribution in [0.25, 0.3) is 5.82 Å². The summed E-state index contributed by atoms with van der Waals surface area (Å²) in [5, 5.41) is 3.99. The molecule has 0 saturated carbocycles. The Morgan fingerprint density at radius 1 is 1.33 bits per heavy atom. The molecule has 2 heterocycles. The van der Waals surface area contributed by atoms with Gasteiger partial charge in [0.15, 0.2) is 5.82 Å². The summed E-state index contributed by atoms with van der Waals surface area (Å²) in [5.41, 5.74) is 5.56. The van der Waals surface area contributed by atoms with Crippen molar-refractivity contribution in [3.63, 3.8) is 0 Å². The standard InChI is InChI=1S/C11H11F3N4/c1-2-8-5-9(15)17-18(8)10-4-3-7(6-16-10)11(12,13)14/h3-6H,2H2,1H3,(H2,15,17). The first-order chi connectivity index (χ1) is 8.41. The Kier molecular flexibility index (Phi) is 2.98. The smallest absolute Gasteiger partial charge is 0.382 e. The number of pyridine rings is 1. The number of halogens is 3. The van der Waals surface area contributed by atoms with Gasteiger partial charge in [0.05, 0.1) is 5.56 Å². The molecule has 0 aliphatic carbocycles. The molecular weight excluding hydrogens is 245 g/mol. The first kappa shape index (κ1) is 12.4. The van der Waals surface area contributed by atoms with Crippen LogP contribution < -0.4 is 5.73 Å². The Hall–Kier alpha value is -2.05. The molecule has 0 bridgehead atoms. The van der Waals surface area contributed by atoms with Crippen LogP contribution in [-0.4, -0.2) is 14.8 Å². The van der Waals surface area contributed by atoms with Crippen LogP contribution in [0.3, 0.4) is 0 Å². The maximum atomic E-state index is 12.4. The Bertz CT molecular complexity index is 542. The van der Waals surface area contributed by atoms with E-state index >= 15 is 0 Å². The number of aromatic nitrogens is 3. The van der Waals surface area contributed by atoms with E-state index in [0.29, 0.717) is 18.1 Å². The molecule has 0 aromatic carbocycles. The zero-order valence-electron chi connectivity index (χ0n) is 9.57. The predicted molar refractivity (Wildman–Crippen MR) is 60.2 cm³/mol. The van der Waals surface area contributed by atoms with Gasteiger partial charge in [-0.25, -0.2) is 9.67 Å². The molecule has 0 saturated heterocycles. The molecule has 0 radical (unpaired) electrons. The minimum absolute atomic E-state index is 0.313. The lowest BCUT2D eigenvalue weighted by molar-refractivity contribution is -0.137. The molecule has 0 aliphatic rings. The zero-order valence-corrected chi connectivity index (χ0v) is 9.57. The fourth-order valence-electron chi connectivity index (χ4n) is 1.57. The van der Waals surface area contributed by atoms with Crippen LogP contribution in [0, 0.1) is 0 Å². The van der Waals surface area contributed by atoms with Crippen molar-refractivity contribution in [1.82, 2.24) is 14.8 Å². The van der Waals surface area contributed by atoms with Gasteiger partial charge in [0.1, 0.15) is 5.82 Å². The molecule has 0 atom stereocenters. The number of anilines is 1. The molecule has 4 nitrogen and oxygen atoms in total. The summed E-state index contributed by atoms with van der Waals surface area (Å²) < 4.78 is 38.6. The van der Waals surface area contributed by atoms with E-state index in [4.69, 9.17) is 5.73 Å². The quantitative estimate of drug-likeness (QED) is 0.897. The summed E-state index contributed by atoms with van der Waals surface area (Å²) in [6, 6.07) is 3.91. The van der Waals surface area contributed by atoms with Gasteiger partial charge in [0.25, 0.3) is 0 Å². The molecule has 2 rings (SSSR count). The lowest BCUT2D eigenvalue weighted by atomic mass is 10.2. The molecular formula is C11H11F3N4. The fraction of sp³-hybridized carbons (Fsp3) is 0.273. The molecule has 18 heavy (non-hydrogen) atoms. The monoisotopic (exact) mass is 256 g/mol. The number of alkyl halides is 3. The number of hydrogen-bond donors (Lipinski definition) is 1. The average molecular weight is 256 g/mol. The van der Waals surface area contributed by atoms with Gasteiger partial charge in [-0.05, 0) is 18.6 Å². The van der Waals surface area contributed by atoms with Crippen LogP contribution in [0.2, 0.25) is 0 Å². The van der Waals surface area contributed by atoms with E-state index in [1.807, 2.05) is 6.92 Å². The molecule has 2 aromatic heterocycles. The molecule has 0 fully saturated rings. The third kappa shape index (κ3) is 2.29. The van der Waals surface area contributed by atoms with Gasteiger partial charge in [0.2, 0.25) is 0 Å². The molecule has 7 heteroatoms. The SMILES string of the molecule is CCc1cc(N)nn1-c1ccc(C(F)(F)F)cn1. The number of nitrogen functional groups attached to an aromatic ring is 1. The molecule has 2 N–H and O–H groups in total. The highest BCUT2D eigenvalue weighted by molar-refractivity contribution is 5.36. The number of hydrogen-bond acceptors (Lipinski definition) is 3. The molecule has 0 spiro atoms. The summed E-state index contributed by atoms with van der Waals surface area (Å²) in [5.74, 6) is 0.630. The summed E-state index contributed by atoms with van der Waals surface area (Å²) >= 11 is 0. The fourth-order valence-corrected chi connectivity index (χ4v) is 1.57. The van der Waals surface area contributed by atoms with Gasteiger partial charge >= 0.3 is 6.18 Å². The molecule has 0 unspecified atom stereocenters. The van der Waals surface area contributed by atoms with Crippen LogP contribution in [0.5, 0.6) is 0 Å². The zero-order chi connectivity index (χ0) is 13.3. The van der Waals surface area contributed by atoms with Crippen LogP contribution in [-0.2, 0) is 12.6 Å². The Labute approximate surface area is 101 Å². The second-order valence-electron chi connectivity index (χ2n) is 3.73. The van der Waals surface area contributed by atoms with E-state index in [1.54, 1.807) is 6.07 Å². The number of aryl methyl sites for hydroxylation is 1. The second-order valence-corrected chi connectivity index (χ2v) is 3.73. The van der Waals surface area contributed by atoms with Crippen LogP contribution >= 0.6 is 0 Å². The Morgan fingerprint density at radius 3 is 2.56 bits per heavy atom. The first-order valence-corrected chi connectivity index (χ1v) is 5.30. The summed E-state index contributed by atoms with van der Waals surface area (Å²) in [6.07, 6.45) is -2.94. The van der Waals surface area contributed by atoms with E-state index in [-0.39, 0.29) is 0 Å². The van der Waals surface area contributed by atoms with Crippen molar-refractivity contribution in [1.29, 1.82) is 0 Å². The van der Waals surface area contributed by atoms with Gasteiger partial charge in [0, 0.05) is 18.0 Å². The third-order valence-electron chi connectivity index (χ3n) is 2.46. The van der Waals surface area contributed by atoms with Crippen molar-refractivity contribution >= 4 is 5.82 Å². The highest BCUT2D eigenvalue weighted by Crippen LogP contribution is 2.28. The maximum Gasteiger partial charge on any atom is 0.417 e. The van der Waals surface area contributed by atoms with E-state index in [2.05, 4.69) is 10.1 Å². The van der Waals surface area contributed by atoms with E-state index in [0.717, 1.165) is 18.0 Å². The Morgan fingerprint density at radius 2 is 2.06 bits per heavy atom. The van der Waals surface area contributed by atoms with E-state index in [1.165, 1.54) is 10.7 Å². The van der Waals surface area contributed by atoms with E-state index < -0.39 is 11.7 Å². The highest BCUT2D eigenvalue weighted by Gasteiger charge is 2.30. The van der Waals surface area contributed by atoms with Crippen LogP contribution in [0.1, 0.15) is 18.2 Å². The number of nitrogens with zero attached hydrogens (tertiary/aromatic N) is 3. The Balaban J connectivity index is 2.40. The van der Waals surface area contributed by atoms with Gasteiger partial charge < -0.3 is 5.73 Å². The third-order valence-corrected chi connectivity index (χ3v) is 2.46. The van der Waals surface area contributed by atoms with Gasteiger partial charge in [-0.1, -0.05) is 6.92 Å². The largest absolute Gasteiger partial charge is 0.417 e. The van der Waals surface area contributed by atoms with Crippen molar-refractivity contribution < 1.29 is 13.2 Å². The van der Waals surface area contributed by atoms with Crippen molar-refractivity contribution in [2.75, 3.05) is 5.73 Å². The van der Waals surface area contributed by atoms with Crippen LogP contribution in [0.15, 0.2) is 24.4 Å². The van der Waals surface area contributed by atoms with Crippen LogP contribution in [0.4, 0.5) is 19.0 Å². The van der Waals surface area contributed by atoms with E-state index in [9.17, 15) is 13.2 Å². The highest BCUT2D eigenvalue weighted by atomic mass is 19.4. The van der Waals surface area contributed by atoms with Crippen molar-refractivity contribution in [3.05, 3.63) is 35.7 Å². The predicted octanol–water partition coefficient (Wildman–Crippen LogP) is 2.43. The van der Waals surface area contributed by atoms with Crippen molar-refractivity contribution in [2.24, 2.45) is 0 Å². The lowest BCUT2D eigenvalue weighted by Crippen LogP contribution is -2.08. The summed E-state index contributed by atoms with van der Waals surface area (Å²) in [6.45, 7) is 1.90. The second kappa shape index (κ2) is 4.32. The maximum absolute atomic E-state index is 12.4. The minimum atomic E-state index is -4.39. The van der Waals surface area contributed by atoms with Gasteiger partial charge in [-0.2, -0.15) is 13.2 Å². The average Bonchev–Trinajstić information content (AvgIpc) is 2.69. The minimum Gasteiger partial charge on any atom is -0.382 e. The van der Waals surface area contributed by atoms with Crippen molar-refractivity contribution in [3.8, 4) is 5.82 Å². The molecule has 96 valence electrons. The lowest BCUT2D eigenvalue weighted by Gasteiger charge is -2.08. The van der Waals surface area contributed by atoms with Gasteiger partial charge in [-0.15, -0.1) is 5.10 Å². The number of rotatable bonds is 2. The molecule has 0 amide bonds. The molecule has 0 aliphatic heterocycles. The summed E-state index contributed by atoms with van der Waals surface area (Å²) in [7, 11) is 0. The van der Waals surface area contributed by atoms with Crippen molar-refractivity contribution in [2.45, 2.75) is 19.5 Å². The van der Waals surface area contributed by atoms with Gasteiger partial charge in [-0.3, -0.25) is 0 Å². The number of nitrogens with two attached hydrogens (primary N) is 1.